The van der Waals surface area contributed by atoms with E-state index in [1.807, 2.05) is 39.9 Å². The topological polar surface area (TPSA) is 62.6 Å². The first-order valence-corrected chi connectivity index (χ1v) is 12.2. The van der Waals surface area contributed by atoms with Crippen molar-refractivity contribution >= 4 is 18.3 Å². The first-order valence-electron chi connectivity index (χ1n) is 12.2. The minimum Gasteiger partial charge on any atom is -0.497 e. The zero-order valence-corrected chi connectivity index (χ0v) is 21.0. The highest BCUT2D eigenvalue weighted by Gasteiger charge is 2.30. The third-order valence-electron chi connectivity index (χ3n) is 6.99. The number of amides is 1. The Morgan fingerprint density at radius 1 is 1.00 bits per heavy atom. The summed E-state index contributed by atoms with van der Waals surface area (Å²) in [5, 5.41) is 8.14. The molecule has 1 amide bonds. The average molecular weight is 496 g/mol. The molecule has 3 aromatic rings. The van der Waals surface area contributed by atoms with Crippen molar-refractivity contribution in [2.75, 3.05) is 46.4 Å². The molecule has 3 heterocycles. The first-order chi connectivity index (χ1) is 16.7. The number of hydrogen-bond donors (Lipinski definition) is 1. The molecule has 0 bridgehead atoms. The lowest BCUT2D eigenvalue weighted by Crippen LogP contribution is -2.48. The van der Waals surface area contributed by atoms with E-state index in [4.69, 9.17) is 9.84 Å². The fraction of sp³-hybridized carbons (Fsp3) is 0.407. The summed E-state index contributed by atoms with van der Waals surface area (Å²) in [5.41, 5.74) is 4.07. The molecular formula is C27H34ClN5O2. The Kier molecular flexibility index (Phi) is 8.44. The zero-order chi connectivity index (χ0) is 23.3. The molecule has 1 aromatic heterocycles. The second-order valence-electron chi connectivity index (χ2n) is 9.13. The summed E-state index contributed by atoms with van der Waals surface area (Å²) in [6.07, 6.45) is 3.79. The fourth-order valence-electron chi connectivity index (χ4n) is 5.06. The number of piperidine rings is 1. The van der Waals surface area contributed by atoms with Crippen molar-refractivity contribution in [2.24, 2.45) is 0 Å². The van der Waals surface area contributed by atoms with Gasteiger partial charge in [-0.05, 0) is 55.8 Å². The summed E-state index contributed by atoms with van der Waals surface area (Å²) in [7, 11) is 1.67. The monoisotopic (exact) mass is 495 g/mol. The molecule has 35 heavy (non-hydrogen) atoms. The van der Waals surface area contributed by atoms with Crippen molar-refractivity contribution < 1.29 is 9.53 Å². The molecule has 2 fully saturated rings. The molecule has 0 unspecified atom stereocenters. The Bertz CT molecular complexity index is 1090. The number of nitrogens with zero attached hydrogens (tertiary/aromatic N) is 4. The zero-order valence-electron chi connectivity index (χ0n) is 20.2. The number of nitrogens with one attached hydrogen (secondary N) is 1. The maximum absolute atomic E-state index is 13.7. The summed E-state index contributed by atoms with van der Waals surface area (Å²) >= 11 is 0. The maximum Gasteiger partial charge on any atom is 0.257 e. The van der Waals surface area contributed by atoms with E-state index in [-0.39, 0.29) is 18.3 Å². The normalized spacial score (nSPS) is 17.1. The lowest BCUT2D eigenvalue weighted by Gasteiger charge is -2.35. The second kappa shape index (κ2) is 11.7. The number of rotatable bonds is 6. The molecule has 0 atom stereocenters. The predicted molar refractivity (Wildman–Crippen MR) is 140 cm³/mol. The van der Waals surface area contributed by atoms with Crippen molar-refractivity contribution in [2.45, 2.75) is 25.3 Å². The second-order valence-corrected chi connectivity index (χ2v) is 9.13. The van der Waals surface area contributed by atoms with Crippen LogP contribution < -0.4 is 10.1 Å². The first kappa shape index (κ1) is 25.2. The van der Waals surface area contributed by atoms with E-state index in [2.05, 4.69) is 34.5 Å². The third-order valence-corrected chi connectivity index (χ3v) is 6.99. The van der Waals surface area contributed by atoms with Gasteiger partial charge in [0.15, 0.2) is 0 Å². The van der Waals surface area contributed by atoms with Gasteiger partial charge in [-0.15, -0.1) is 12.4 Å². The molecule has 0 saturated carbocycles. The van der Waals surface area contributed by atoms with Crippen LogP contribution in [0.2, 0.25) is 0 Å². The van der Waals surface area contributed by atoms with Crippen LogP contribution in [0.25, 0.3) is 5.69 Å². The van der Waals surface area contributed by atoms with Crippen LogP contribution in [0.5, 0.6) is 5.75 Å². The smallest absolute Gasteiger partial charge is 0.257 e. The quantitative estimate of drug-likeness (QED) is 0.564. The van der Waals surface area contributed by atoms with E-state index in [1.54, 1.807) is 13.3 Å². The molecule has 2 aliphatic rings. The van der Waals surface area contributed by atoms with Gasteiger partial charge >= 0.3 is 0 Å². The number of halogens is 1. The number of hydrogen-bond acceptors (Lipinski definition) is 5. The van der Waals surface area contributed by atoms with E-state index in [9.17, 15) is 4.79 Å². The Morgan fingerprint density at radius 2 is 1.69 bits per heavy atom. The lowest BCUT2D eigenvalue weighted by molar-refractivity contribution is 0.0626. The van der Waals surface area contributed by atoms with Crippen LogP contribution in [0.3, 0.4) is 0 Å². The summed E-state index contributed by atoms with van der Waals surface area (Å²) in [6.45, 7) is 6.11. The Morgan fingerprint density at radius 3 is 2.34 bits per heavy atom. The highest BCUT2D eigenvalue weighted by molar-refractivity contribution is 5.95. The van der Waals surface area contributed by atoms with Crippen LogP contribution >= 0.6 is 12.4 Å². The molecule has 0 aliphatic carbocycles. The van der Waals surface area contributed by atoms with Gasteiger partial charge in [0.05, 0.1) is 30.3 Å². The minimum absolute atomic E-state index is 0. The number of ether oxygens (including phenoxy) is 1. The van der Waals surface area contributed by atoms with Gasteiger partial charge in [-0.2, -0.15) is 5.10 Å². The number of benzene rings is 2. The van der Waals surface area contributed by atoms with Gasteiger partial charge in [0.1, 0.15) is 5.75 Å². The molecule has 2 aromatic carbocycles. The van der Waals surface area contributed by atoms with Crippen LogP contribution in [0, 0.1) is 0 Å². The molecule has 2 aliphatic heterocycles. The molecular weight excluding hydrogens is 462 g/mol. The van der Waals surface area contributed by atoms with E-state index < -0.39 is 0 Å². The number of carbonyl (C=O) groups is 1. The number of aromatic nitrogens is 2. The fourth-order valence-corrected chi connectivity index (χ4v) is 5.06. The van der Waals surface area contributed by atoms with Gasteiger partial charge in [-0.1, -0.05) is 30.3 Å². The molecule has 1 N–H and O–H groups in total. The van der Waals surface area contributed by atoms with Crippen molar-refractivity contribution in [3.8, 4) is 11.4 Å². The molecule has 0 spiro atoms. The van der Waals surface area contributed by atoms with E-state index in [0.29, 0.717) is 5.92 Å². The SMILES string of the molecule is COc1ccc(-n2ncc(C(=O)N3CCN(Cc4ccccc4)CC3)c2C2CCNCC2)cc1.Cl. The number of piperazine rings is 1. The highest BCUT2D eigenvalue weighted by atomic mass is 35.5. The van der Waals surface area contributed by atoms with Gasteiger partial charge in [0.2, 0.25) is 0 Å². The van der Waals surface area contributed by atoms with Crippen LogP contribution in [0.15, 0.2) is 60.8 Å². The van der Waals surface area contributed by atoms with Crippen LogP contribution in [-0.2, 0) is 6.54 Å². The van der Waals surface area contributed by atoms with E-state index in [0.717, 1.165) is 81.3 Å². The highest BCUT2D eigenvalue weighted by Crippen LogP contribution is 2.31. The van der Waals surface area contributed by atoms with Gasteiger partial charge in [-0.3, -0.25) is 9.69 Å². The summed E-state index contributed by atoms with van der Waals surface area (Å²) < 4.78 is 7.28. The molecule has 0 radical (unpaired) electrons. The molecule has 8 heteroatoms. The summed E-state index contributed by atoms with van der Waals surface area (Å²) in [6, 6.07) is 18.4. The van der Waals surface area contributed by atoms with Crippen molar-refractivity contribution in [3.63, 3.8) is 0 Å². The van der Waals surface area contributed by atoms with Crippen LogP contribution in [0.4, 0.5) is 0 Å². The number of carbonyl (C=O) groups excluding carboxylic acids is 1. The van der Waals surface area contributed by atoms with Crippen molar-refractivity contribution in [1.29, 1.82) is 0 Å². The van der Waals surface area contributed by atoms with E-state index in [1.165, 1.54) is 5.56 Å². The van der Waals surface area contributed by atoms with E-state index >= 15 is 0 Å². The van der Waals surface area contributed by atoms with Crippen molar-refractivity contribution in [3.05, 3.63) is 77.6 Å². The Labute approximate surface area is 213 Å². The van der Waals surface area contributed by atoms with Crippen molar-refractivity contribution in [1.82, 2.24) is 24.9 Å². The third kappa shape index (κ3) is 5.69. The maximum atomic E-state index is 13.7. The predicted octanol–water partition coefficient (Wildman–Crippen LogP) is 3.73. The van der Waals surface area contributed by atoms with Gasteiger partial charge in [0, 0.05) is 38.6 Å². The standard InChI is InChI=1S/C27H33N5O2.ClH/c1-34-24-9-7-23(8-10-24)32-26(22-11-13-28-14-12-22)25(19-29-32)27(33)31-17-15-30(16-18-31)20-21-5-3-2-4-6-21;/h2-10,19,22,28H,11-18,20H2,1H3;1H. The summed E-state index contributed by atoms with van der Waals surface area (Å²) in [4.78, 5) is 18.1. The summed E-state index contributed by atoms with van der Waals surface area (Å²) in [5.74, 6) is 1.22. The van der Waals surface area contributed by atoms with Crippen LogP contribution in [-0.4, -0.2) is 71.9 Å². The molecule has 7 nitrogen and oxygen atoms in total. The number of methoxy groups -OCH3 is 1. The largest absolute Gasteiger partial charge is 0.497 e. The minimum atomic E-state index is 0. The molecule has 2 saturated heterocycles. The lowest BCUT2D eigenvalue weighted by atomic mass is 9.91. The van der Waals surface area contributed by atoms with Gasteiger partial charge in [-0.25, -0.2) is 4.68 Å². The Hall–Kier alpha value is -2.87. The molecule has 5 rings (SSSR count). The average Bonchev–Trinajstić information content (AvgIpc) is 3.35. The molecule has 186 valence electrons. The Balaban J connectivity index is 0.00000289. The van der Waals surface area contributed by atoms with Crippen LogP contribution in [0.1, 0.15) is 40.4 Å². The van der Waals surface area contributed by atoms with Gasteiger partial charge in [0.25, 0.3) is 5.91 Å². The van der Waals surface area contributed by atoms with Gasteiger partial charge < -0.3 is 15.0 Å².